The minimum Gasteiger partial charge on any atom is -0.465 e. The van der Waals surface area contributed by atoms with Crippen molar-refractivity contribution in [2.24, 2.45) is 0 Å². The third kappa shape index (κ3) is 3.01. The van der Waals surface area contributed by atoms with E-state index in [1.807, 2.05) is 5.38 Å². The molecule has 0 fully saturated rings. The molecule has 0 spiro atoms. The van der Waals surface area contributed by atoms with E-state index in [2.05, 4.69) is 20.0 Å². The fourth-order valence-corrected chi connectivity index (χ4v) is 1.84. The minimum atomic E-state index is -0.371. The van der Waals surface area contributed by atoms with Gasteiger partial charge in [-0.05, 0) is 12.1 Å². The van der Waals surface area contributed by atoms with Gasteiger partial charge in [-0.25, -0.2) is 14.8 Å². The van der Waals surface area contributed by atoms with Crippen molar-refractivity contribution in [3.63, 3.8) is 0 Å². The predicted molar refractivity (Wildman–Crippen MR) is 65.0 cm³/mol. The molecule has 0 atom stereocenters. The van der Waals surface area contributed by atoms with Crippen LogP contribution in [0.1, 0.15) is 16.1 Å². The number of methoxy groups -OCH3 is 1. The van der Waals surface area contributed by atoms with Gasteiger partial charge in [-0.3, -0.25) is 0 Å². The number of anilines is 1. The smallest absolute Gasteiger partial charge is 0.338 e. The lowest BCUT2D eigenvalue weighted by Gasteiger charge is -2.04. The molecule has 2 heterocycles. The second kappa shape index (κ2) is 5.40. The molecule has 0 aliphatic rings. The number of pyridine rings is 1. The number of hydrogen-bond donors (Lipinski definition) is 1. The molecular weight excluding hydrogens is 238 g/mol. The Morgan fingerprint density at radius 1 is 1.53 bits per heavy atom. The van der Waals surface area contributed by atoms with Gasteiger partial charge >= 0.3 is 5.97 Å². The quantitative estimate of drug-likeness (QED) is 0.839. The Kier molecular flexibility index (Phi) is 3.66. The molecular formula is C11H11N3O2S. The first-order valence-electron chi connectivity index (χ1n) is 4.95. The average Bonchev–Trinajstić information content (AvgIpc) is 2.89. The molecule has 6 heteroatoms. The van der Waals surface area contributed by atoms with Crippen molar-refractivity contribution in [2.45, 2.75) is 6.54 Å². The van der Waals surface area contributed by atoms with E-state index in [0.29, 0.717) is 17.9 Å². The summed E-state index contributed by atoms with van der Waals surface area (Å²) in [5.74, 6) is 0.255. The maximum absolute atomic E-state index is 11.3. The number of nitrogens with zero attached hydrogens (tertiary/aromatic N) is 2. The van der Waals surface area contributed by atoms with Crippen LogP contribution >= 0.6 is 11.3 Å². The van der Waals surface area contributed by atoms with Gasteiger partial charge in [0.1, 0.15) is 5.82 Å². The van der Waals surface area contributed by atoms with E-state index in [0.717, 1.165) is 5.69 Å². The largest absolute Gasteiger partial charge is 0.465 e. The van der Waals surface area contributed by atoms with Gasteiger partial charge in [0.2, 0.25) is 0 Å². The van der Waals surface area contributed by atoms with Crippen LogP contribution in [-0.4, -0.2) is 23.0 Å². The van der Waals surface area contributed by atoms with Crippen LogP contribution in [0.5, 0.6) is 0 Å². The van der Waals surface area contributed by atoms with Crippen molar-refractivity contribution in [1.82, 2.24) is 9.97 Å². The molecule has 1 N–H and O–H groups in total. The normalized spacial score (nSPS) is 9.94. The third-order valence-corrected chi connectivity index (χ3v) is 2.75. The van der Waals surface area contributed by atoms with Crippen molar-refractivity contribution in [3.05, 3.63) is 40.5 Å². The van der Waals surface area contributed by atoms with Crippen LogP contribution in [0.3, 0.4) is 0 Å². The van der Waals surface area contributed by atoms with Crippen LogP contribution in [0.15, 0.2) is 29.2 Å². The Bertz CT molecular complexity index is 499. The van der Waals surface area contributed by atoms with E-state index in [-0.39, 0.29) is 5.97 Å². The van der Waals surface area contributed by atoms with Crippen molar-refractivity contribution >= 4 is 23.1 Å². The first-order chi connectivity index (χ1) is 8.29. The highest BCUT2D eigenvalue weighted by atomic mass is 32.1. The molecule has 17 heavy (non-hydrogen) atoms. The Hall–Kier alpha value is -1.95. The molecule has 0 radical (unpaired) electrons. The number of thiazole rings is 1. The maximum Gasteiger partial charge on any atom is 0.338 e. The Morgan fingerprint density at radius 2 is 2.41 bits per heavy atom. The van der Waals surface area contributed by atoms with E-state index in [1.54, 1.807) is 35.2 Å². The molecule has 0 unspecified atom stereocenters. The number of aromatic nitrogens is 2. The first kappa shape index (κ1) is 11.5. The summed E-state index contributed by atoms with van der Waals surface area (Å²) in [5, 5.41) is 5.05. The number of carbonyl (C=O) groups is 1. The zero-order valence-corrected chi connectivity index (χ0v) is 10.0. The Morgan fingerprint density at radius 3 is 3.12 bits per heavy atom. The lowest BCUT2D eigenvalue weighted by molar-refractivity contribution is 0.0600. The van der Waals surface area contributed by atoms with E-state index in [9.17, 15) is 4.79 Å². The molecule has 0 amide bonds. The van der Waals surface area contributed by atoms with Crippen molar-refractivity contribution in [1.29, 1.82) is 0 Å². The molecule has 0 saturated carbocycles. The van der Waals surface area contributed by atoms with Crippen LogP contribution in [0, 0.1) is 0 Å². The summed E-state index contributed by atoms with van der Waals surface area (Å²) in [4.78, 5) is 19.6. The highest BCUT2D eigenvalue weighted by Gasteiger charge is 2.06. The molecule has 88 valence electrons. The van der Waals surface area contributed by atoms with Gasteiger partial charge in [0, 0.05) is 11.6 Å². The zero-order valence-electron chi connectivity index (χ0n) is 9.21. The van der Waals surface area contributed by atoms with Gasteiger partial charge in [-0.15, -0.1) is 11.3 Å². The summed E-state index contributed by atoms with van der Waals surface area (Å²) in [5.41, 5.74) is 3.19. The molecule has 0 aromatic carbocycles. The average molecular weight is 249 g/mol. The van der Waals surface area contributed by atoms with E-state index in [4.69, 9.17) is 0 Å². The van der Waals surface area contributed by atoms with Gasteiger partial charge in [0.15, 0.2) is 0 Å². The highest BCUT2D eigenvalue weighted by Crippen LogP contribution is 2.10. The van der Waals surface area contributed by atoms with Gasteiger partial charge in [0.25, 0.3) is 0 Å². The monoisotopic (exact) mass is 249 g/mol. The molecule has 5 nitrogen and oxygen atoms in total. The number of hydrogen-bond acceptors (Lipinski definition) is 6. The summed E-state index contributed by atoms with van der Waals surface area (Å²) >= 11 is 1.54. The molecule has 2 aromatic rings. The SMILES string of the molecule is COC(=O)c1ccnc(NCc2cscn2)c1. The topological polar surface area (TPSA) is 64.1 Å². The molecule has 2 aromatic heterocycles. The number of esters is 1. The minimum absolute atomic E-state index is 0.371. The molecule has 2 rings (SSSR count). The number of rotatable bonds is 4. The van der Waals surface area contributed by atoms with Crippen LogP contribution in [0.4, 0.5) is 5.82 Å². The Labute approximate surface area is 102 Å². The molecule has 0 bridgehead atoms. The number of nitrogens with one attached hydrogen (secondary N) is 1. The summed E-state index contributed by atoms with van der Waals surface area (Å²) in [6.07, 6.45) is 1.57. The zero-order chi connectivity index (χ0) is 12.1. The van der Waals surface area contributed by atoms with Crippen LogP contribution in [0.25, 0.3) is 0 Å². The Balaban J connectivity index is 2.03. The second-order valence-corrected chi connectivity index (χ2v) is 3.97. The van der Waals surface area contributed by atoms with Crippen LogP contribution in [0.2, 0.25) is 0 Å². The van der Waals surface area contributed by atoms with Crippen molar-refractivity contribution in [3.8, 4) is 0 Å². The van der Waals surface area contributed by atoms with Crippen molar-refractivity contribution < 1.29 is 9.53 Å². The number of carbonyl (C=O) groups excluding carboxylic acids is 1. The third-order valence-electron chi connectivity index (χ3n) is 2.12. The van der Waals surface area contributed by atoms with Gasteiger partial charge < -0.3 is 10.1 Å². The molecule has 0 aliphatic carbocycles. The first-order valence-corrected chi connectivity index (χ1v) is 5.89. The van der Waals surface area contributed by atoms with E-state index >= 15 is 0 Å². The molecule has 0 aliphatic heterocycles. The maximum atomic E-state index is 11.3. The second-order valence-electron chi connectivity index (χ2n) is 3.25. The molecule has 0 saturated heterocycles. The fraction of sp³-hybridized carbons (Fsp3) is 0.182. The predicted octanol–water partition coefficient (Wildman–Crippen LogP) is 1.94. The number of ether oxygens (including phenoxy) is 1. The summed E-state index contributed by atoms with van der Waals surface area (Å²) in [7, 11) is 1.35. The van der Waals surface area contributed by atoms with Gasteiger partial charge in [-0.2, -0.15) is 0 Å². The fourth-order valence-electron chi connectivity index (χ4n) is 1.28. The highest BCUT2D eigenvalue weighted by molar-refractivity contribution is 7.07. The van der Waals surface area contributed by atoms with E-state index in [1.165, 1.54) is 7.11 Å². The van der Waals surface area contributed by atoms with Crippen LogP contribution < -0.4 is 5.32 Å². The summed E-state index contributed by atoms with van der Waals surface area (Å²) in [6, 6.07) is 3.26. The van der Waals surface area contributed by atoms with Crippen molar-refractivity contribution in [2.75, 3.05) is 12.4 Å². The standard InChI is InChI=1S/C11H11N3O2S/c1-16-11(15)8-2-3-12-10(4-8)13-5-9-6-17-7-14-9/h2-4,6-7H,5H2,1H3,(H,12,13). The lowest BCUT2D eigenvalue weighted by atomic mass is 10.2. The van der Waals surface area contributed by atoms with E-state index < -0.39 is 0 Å². The summed E-state index contributed by atoms with van der Waals surface area (Å²) in [6.45, 7) is 0.584. The summed E-state index contributed by atoms with van der Waals surface area (Å²) < 4.78 is 4.64. The van der Waals surface area contributed by atoms with Crippen LogP contribution in [-0.2, 0) is 11.3 Å². The lowest BCUT2D eigenvalue weighted by Crippen LogP contribution is -2.05. The van der Waals surface area contributed by atoms with Gasteiger partial charge in [-0.1, -0.05) is 0 Å². The van der Waals surface area contributed by atoms with Gasteiger partial charge in [0.05, 0.1) is 30.4 Å².